The van der Waals surface area contributed by atoms with E-state index in [-0.39, 0.29) is 44.4 Å². The number of rotatable bonds is 5. The van der Waals surface area contributed by atoms with E-state index >= 15 is 0 Å². The van der Waals surface area contributed by atoms with E-state index in [4.69, 9.17) is 32.7 Å². The van der Waals surface area contributed by atoms with Crippen molar-refractivity contribution in [1.29, 1.82) is 0 Å². The van der Waals surface area contributed by atoms with Crippen LogP contribution in [0, 0.1) is 0 Å². The zero-order chi connectivity index (χ0) is 30.1. The quantitative estimate of drug-likeness (QED) is 0.333. The molecule has 39 heavy (non-hydrogen) atoms. The van der Waals surface area contributed by atoms with Crippen LogP contribution in [0.15, 0.2) is 6.07 Å². The molecule has 1 atom stereocenters. The van der Waals surface area contributed by atoms with Gasteiger partial charge in [-0.1, -0.05) is 37.0 Å². The van der Waals surface area contributed by atoms with Gasteiger partial charge >= 0.3 is 21.7 Å². The Morgan fingerprint density at radius 3 is 2.28 bits per heavy atom. The molecule has 1 N–H and O–H groups in total. The second-order valence-corrected chi connectivity index (χ2v) is 11.2. The van der Waals surface area contributed by atoms with Crippen LogP contribution in [0.2, 0.25) is 10.0 Å². The van der Waals surface area contributed by atoms with Gasteiger partial charge in [-0.15, -0.1) is 0 Å². The SMILES string of the molecule is CC.COc1cc2c3c(c(OS(=O)(=O)C(F)(F)F)nc2c(Cl)c1Cl)CN(C(=O)CNC(=O)OC(C)(C)C)[C@H]3C. The first-order valence-electron chi connectivity index (χ1n) is 11.5. The number of alkyl halides is 3. The number of amides is 2. The molecule has 0 radical (unpaired) electrons. The molecule has 0 aliphatic carbocycles. The summed E-state index contributed by atoms with van der Waals surface area (Å²) in [6.07, 6.45) is -0.858. The number of benzene rings is 1. The van der Waals surface area contributed by atoms with E-state index in [1.165, 1.54) is 18.1 Å². The van der Waals surface area contributed by atoms with E-state index in [1.54, 1.807) is 27.7 Å². The number of carbonyl (C=O) groups excluding carboxylic acids is 2. The summed E-state index contributed by atoms with van der Waals surface area (Å²) in [5.74, 6) is -1.44. The summed E-state index contributed by atoms with van der Waals surface area (Å²) >= 11 is 12.4. The molecule has 3 rings (SSSR count). The van der Waals surface area contributed by atoms with Gasteiger partial charge in [0, 0.05) is 10.9 Å². The second-order valence-electron chi connectivity index (χ2n) is 8.95. The Labute approximate surface area is 233 Å². The third-order valence-corrected chi connectivity index (χ3v) is 7.03. The normalized spacial score (nSPS) is 15.3. The Bertz CT molecular complexity index is 1380. The fourth-order valence-corrected chi connectivity index (χ4v) is 4.58. The molecular weight excluding hydrogens is 590 g/mol. The highest BCUT2D eigenvalue weighted by Crippen LogP contribution is 2.47. The van der Waals surface area contributed by atoms with E-state index in [2.05, 4.69) is 14.5 Å². The lowest BCUT2D eigenvalue weighted by Crippen LogP contribution is -2.40. The van der Waals surface area contributed by atoms with Crippen LogP contribution in [0.5, 0.6) is 11.6 Å². The summed E-state index contributed by atoms with van der Waals surface area (Å²) in [4.78, 5) is 30.0. The number of alkyl carbamates (subject to hydrolysis) is 1. The molecule has 0 spiro atoms. The molecule has 0 bridgehead atoms. The molecule has 218 valence electrons. The summed E-state index contributed by atoms with van der Waals surface area (Å²) in [6, 6.07) is 0.590. The lowest BCUT2D eigenvalue weighted by molar-refractivity contribution is -0.132. The molecule has 0 saturated heterocycles. The largest absolute Gasteiger partial charge is 0.534 e. The molecule has 2 amide bonds. The highest BCUT2D eigenvalue weighted by Gasteiger charge is 2.50. The van der Waals surface area contributed by atoms with Crippen molar-refractivity contribution < 1.29 is 44.8 Å². The number of halogens is 5. The number of nitrogens with zero attached hydrogens (tertiary/aromatic N) is 2. The molecule has 0 saturated carbocycles. The average Bonchev–Trinajstić information content (AvgIpc) is 3.17. The summed E-state index contributed by atoms with van der Waals surface area (Å²) in [5, 5.41) is 2.21. The Balaban J connectivity index is 0.00000260. The predicted molar refractivity (Wildman–Crippen MR) is 138 cm³/mol. The summed E-state index contributed by atoms with van der Waals surface area (Å²) in [5.41, 5.74) is -6.59. The fraction of sp³-hybridized carbons (Fsp3) is 0.522. The maximum absolute atomic E-state index is 13.1. The summed E-state index contributed by atoms with van der Waals surface area (Å²) in [6.45, 7) is 9.56. The van der Waals surface area contributed by atoms with E-state index in [9.17, 15) is 31.2 Å². The third kappa shape index (κ3) is 6.90. The lowest BCUT2D eigenvalue weighted by atomic mass is 10.0. The van der Waals surface area contributed by atoms with Gasteiger partial charge in [0.1, 0.15) is 22.9 Å². The van der Waals surface area contributed by atoms with E-state index in [1.807, 2.05) is 13.8 Å². The van der Waals surface area contributed by atoms with Gasteiger partial charge in [-0.25, -0.2) is 9.78 Å². The van der Waals surface area contributed by atoms with Crippen LogP contribution in [0.25, 0.3) is 10.9 Å². The zero-order valence-corrected chi connectivity index (χ0v) is 24.4. The number of fused-ring (bicyclic) bond motifs is 3. The number of methoxy groups -OCH3 is 1. The van der Waals surface area contributed by atoms with Gasteiger partial charge in [-0.3, -0.25) is 4.79 Å². The highest BCUT2D eigenvalue weighted by molar-refractivity contribution is 7.88. The molecular formula is C23H28Cl2F3N3O7S. The highest BCUT2D eigenvalue weighted by atomic mass is 35.5. The van der Waals surface area contributed by atoms with Crippen LogP contribution in [0.3, 0.4) is 0 Å². The minimum Gasteiger partial charge on any atom is -0.495 e. The number of ether oxygens (including phenoxy) is 2. The van der Waals surface area contributed by atoms with Crippen LogP contribution in [0.4, 0.5) is 18.0 Å². The van der Waals surface area contributed by atoms with Crippen LogP contribution >= 0.6 is 23.2 Å². The number of hydrogen-bond donors (Lipinski definition) is 1. The second kappa shape index (κ2) is 11.8. The topological polar surface area (TPSA) is 124 Å². The third-order valence-electron chi connectivity index (χ3n) is 5.24. The number of aromatic nitrogens is 1. The number of pyridine rings is 1. The maximum atomic E-state index is 13.1. The van der Waals surface area contributed by atoms with Crippen molar-refractivity contribution in [2.24, 2.45) is 0 Å². The molecule has 16 heteroatoms. The van der Waals surface area contributed by atoms with E-state index in [0.717, 1.165) is 0 Å². The Kier molecular flexibility index (Phi) is 9.84. The molecule has 0 fully saturated rings. The first-order valence-corrected chi connectivity index (χ1v) is 13.7. The number of nitrogens with one attached hydrogen (secondary N) is 1. The van der Waals surface area contributed by atoms with Gasteiger partial charge in [0.15, 0.2) is 0 Å². The summed E-state index contributed by atoms with van der Waals surface area (Å²) < 4.78 is 77.5. The predicted octanol–water partition coefficient (Wildman–Crippen LogP) is 5.73. The number of carbonyl (C=O) groups is 2. The van der Waals surface area contributed by atoms with Gasteiger partial charge in [-0.2, -0.15) is 21.6 Å². The van der Waals surface area contributed by atoms with Gasteiger partial charge in [0.2, 0.25) is 11.8 Å². The van der Waals surface area contributed by atoms with E-state index in [0.29, 0.717) is 0 Å². The van der Waals surface area contributed by atoms with Crippen LogP contribution < -0.4 is 14.2 Å². The monoisotopic (exact) mass is 617 g/mol. The average molecular weight is 618 g/mol. The van der Waals surface area contributed by atoms with Gasteiger partial charge in [0.25, 0.3) is 0 Å². The van der Waals surface area contributed by atoms with Gasteiger partial charge < -0.3 is 23.9 Å². The molecule has 1 aliphatic heterocycles. The van der Waals surface area contributed by atoms with Crippen LogP contribution in [-0.2, 0) is 26.2 Å². The molecule has 1 aromatic heterocycles. The number of hydrogen-bond acceptors (Lipinski definition) is 8. The smallest absolute Gasteiger partial charge is 0.495 e. The van der Waals surface area contributed by atoms with Crippen molar-refractivity contribution in [2.75, 3.05) is 13.7 Å². The molecule has 2 heterocycles. The Hall–Kier alpha value is -2.71. The molecule has 0 unspecified atom stereocenters. The maximum Gasteiger partial charge on any atom is 0.534 e. The Morgan fingerprint density at radius 1 is 1.18 bits per heavy atom. The zero-order valence-electron chi connectivity index (χ0n) is 22.1. The Morgan fingerprint density at radius 2 is 1.77 bits per heavy atom. The molecule has 2 aromatic rings. The molecule has 10 nitrogen and oxygen atoms in total. The standard InChI is InChI=1S/C21H22Cl2F3N3O7S.C2H6/c1-9-14-10-6-12(34-5)15(22)16(23)17(10)28-18(36-37(32,33)21(24,25)26)11(14)8-29(9)13(30)7-27-19(31)35-20(2,3)4;1-2/h6,9H,7-8H2,1-5H3,(H,27,31);1-2H3/t9-;/m0./s1. The minimum atomic E-state index is -6.11. The van der Waals surface area contributed by atoms with Crippen molar-refractivity contribution >= 4 is 56.2 Å². The lowest BCUT2D eigenvalue weighted by Gasteiger charge is -2.24. The van der Waals surface area contributed by atoms with Gasteiger partial charge in [0.05, 0.1) is 30.2 Å². The fourth-order valence-electron chi connectivity index (χ4n) is 3.68. The van der Waals surface area contributed by atoms with Crippen LogP contribution in [0.1, 0.15) is 58.7 Å². The summed E-state index contributed by atoms with van der Waals surface area (Å²) in [7, 11) is -4.80. The first-order chi connectivity index (χ1) is 17.9. The first kappa shape index (κ1) is 32.5. The minimum absolute atomic E-state index is 0.0983. The van der Waals surface area contributed by atoms with Crippen molar-refractivity contribution in [3.63, 3.8) is 0 Å². The molecule has 1 aliphatic rings. The van der Waals surface area contributed by atoms with Crippen molar-refractivity contribution in [1.82, 2.24) is 15.2 Å². The van der Waals surface area contributed by atoms with Crippen molar-refractivity contribution in [3.8, 4) is 11.6 Å². The molecule has 1 aromatic carbocycles. The van der Waals surface area contributed by atoms with Gasteiger partial charge in [-0.05, 0) is 39.3 Å². The van der Waals surface area contributed by atoms with Crippen molar-refractivity contribution in [3.05, 3.63) is 27.2 Å². The van der Waals surface area contributed by atoms with Crippen molar-refractivity contribution in [2.45, 2.75) is 65.2 Å². The van der Waals surface area contributed by atoms with Crippen LogP contribution in [-0.4, -0.2) is 55.1 Å². The van der Waals surface area contributed by atoms with E-state index < -0.39 is 51.7 Å².